The second-order valence-corrected chi connectivity index (χ2v) is 10.5. The highest BCUT2D eigenvalue weighted by Crippen LogP contribution is 2.22. The van der Waals surface area contributed by atoms with Gasteiger partial charge in [-0.3, -0.25) is 9.10 Å². The molecule has 0 unspecified atom stereocenters. The number of sulfonamides is 1. The van der Waals surface area contributed by atoms with Gasteiger partial charge in [0.15, 0.2) is 0 Å². The molecule has 0 aliphatic carbocycles. The summed E-state index contributed by atoms with van der Waals surface area (Å²) in [5.74, 6) is 0.598. The fourth-order valence-corrected chi connectivity index (χ4v) is 4.83. The van der Waals surface area contributed by atoms with Crippen LogP contribution in [0.15, 0.2) is 48.5 Å². The number of likely N-dealkylation sites (tertiary alicyclic amines) is 1. The molecule has 1 saturated heterocycles. The summed E-state index contributed by atoms with van der Waals surface area (Å²) in [6.07, 6.45) is 4.61. The molecule has 2 aromatic rings. The smallest absolute Gasteiger partial charge is 0.251 e. The van der Waals surface area contributed by atoms with Crippen LogP contribution in [0.25, 0.3) is 0 Å². The number of amides is 1. The number of carbonyl (C=O) groups is 1. The van der Waals surface area contributed by atoms with Gasteiger partial charge in [0.2, 0.25) is 10.0 Å². The lowest BCUT2D eigenvalue weighted by atomic mass is 9.94. The molecule has 6 nitrogen and oxygen atoms in total. The van der Waals surface area contributed by atoms with Gasteiger partial charge in [0, 0.05) is 12.1 Å². The zero-order valence-electron chi connectivity index (χ0n) is 18.7. The first-order valence-corrected chi connectivity index (χ1v) is 12.7. The van der Waals surface area contributed by atoms with Gasteiger partial charge in [-0.2, -0.15) is 0 Å². The number of piperidine rings is 1. The Morgan fingerprint density at radius 2 is 1.81 bits per heavy atom. The Morgan fingerprint density at radius 3 is 2.42 bits per heavy atom. The number of carbonyl (C=O) groups excluding carboxylic acids is 1. The second-order valence-electron chi connectivity index (χ2n) is 8.60. The summed E-state index contributed by atoms with van der Waals surface area (Å²) in [6.45, 7) is 5.11. The molecule has 0 saturated carbocycles. The van der Waals surface area contributed by atoms with E-state index in [2.05, 4.69) is 17.3 Å². The van der Waals surface area contributed by atoms with E-state index in [1.165, 1.54) is 23.4 Å². The quantitative estimate of drug-likeness (QED) is 0.679. The minimum absolute atomic E-state index is 0.0851. The van der Waals surface area contributed by atoms with Crippen molar-refractivity contribution in [3.05, 3.63) is 65.2 Å². The predicted molar refractivity (Wildman–Crippen MR) is 126 cm³/mol. The molecular weight excluding hydrogens is 410 g/mol. The van der Waals surface area contributed by atoms with Crippen molar-refractivity contribution in [2.75, 3.05) is 37.2 Å². The summed E-state index contributed by atoms with van der Waals surface area (Å²) in [4.78, 5) is 14.8. The van der Waals surface area contributed by atoms with E-state index in [1.807, 2.05) is 37.3 Å². The Labute approximate surface area is 186 Å². The van der Waals surface area contributed by atoms with Gasteiger partial charge in [0.05, 0.1) is 18.5 Å². The molecule has 1 aliphatic rings. The van der Waals surface area contributed by atoms with Crippen molar-refractivity contribution in [2.45, 2.75) is 32.7 Å². The highest BCUT2D eigenvalue weighted by molar-refractivity contribution is 7.92. The van der Waals surface area contributed by atoms with Crippen molar-refractivity contribution in [2.24, 2.45) is 5.92 Å². The van der Waals surface area contributed by atoms with Gasteiger partial charge < -0.3 is 10.2 Å². The van der Waals surface area contributed by atoms with Crippen LogP contribution in [0.5, 0.6) is 0 Å². The number of aryl methyl sites for hydroxylation is 1. The van der Waals surface area contributed by atoms with E-state index in [4.69, 9.17) is 0 Å². The average Bonchev–Trinajstić information content (AvgIpc) is 2.73. The summed E-state index contributed by atoms with van der Waals surface area (Å²) in [5.41, 5.74) is 3.06. The topological polar surface area (TPSA) is 69.7 Å². The van der Waals surface area contributed by atoms with Crippen LogP contribution in [0, 0.1) is 12.8 Å². The summed E-state index contributed by atoms with van der Waals surface area (Å²) in [5, 5.41) is 3.02. The molecule has 1 N–H and O–H groups in total. The van der Waals surface area contributed by atoms with Crippen molar-refractivity contribution in [1.82, 2.24) is 10.2 Å². The van der Waals surface area contributed by atoms with Crippen molar-refractivity contribution in [3.8, 4) is 0 Å². The normalized spacial score (nSPS) is 15.6. The zero-order chi connectivity index (χ0) is 22.4. The number of nitrogens with zero attached hydrogens (tertiary/aromatic N) is 2. The highest BCUT2D eigenvalue weighted by Gasteiger charge is 2.19. The van der Waals surface area contributed by atoms with Crippen LogP contribution in [0.3, 0.4) is 0 Å². The van der Waals surface area contributed by atoms with E-state index in [9.17, 15) is 13.2 Å². The van der Waals surface area contributed by atoms with Crippen molar-refractivity contribution in [3.63, 3.8) is 0 Å². The van der Waals surface area contributed by atoms with Gasteiger partial charge in [-0.15, -0.1) is 0 Å². The summed E-state index contributed by atoms with van der Waals surface area (Å²) < 4.78 is 26.1. The SMILES string of the molecule is Cc1cccc(N(Cc2ccc(C(=O)NCCC3CCN(C)CC3)cc2)S(C)(=O)=O)c1. The lowest BCUT2D eigenvalue weighted by Crippen LogP contribution is -2.32. The average molecular weight is 444 g/mol. The number of nitrogens with one attached hydrogen (secondary N) is 1. The number of rotatable bonds is 8. The molecule has 1 aliphatic heterocycles. The van der Waals surface area contributed by atoms with E-state index in [1.54, 1.807) is 18.2 Å². The standard InChI is InChI=1S/C24H33N3O3S/c1-19-5-4-6-23(17-19)27(31(3,29)30)18-21-7-9-22(10-8-21)24(28)25-14-11-20-12-15-26(2)16-13-20/h4-10,17,20H,11-16,18H2,1-3H3,(H,25,28). The number of benzene rings is 2. The van der Waals surface area contributed by atoms with E-state index < -0.39 is 10.0 Å². The largest absolute Gasteiger partial charge is 0.352 e. The minimum Gasteiger partial charge on any atom is -0.352 e. The Balaban J connectivity index is 1.57. The minimum atomic E-state index is -3.43. The van der Waals surface area contributed by atoms with Gasteiger partial charge in [-0.05, 0) is 87.6 Å². The van der Waals surface area contributed by atoms with Crippen LogP contribution in [-0.2, 0) is 16.6 Å². The molecule has 2 aromatic carbocycles. The third-order valence-corrected chi connectivity index (χ3v) is 7.05. The van der Waals surface area contributed by atoms with Crippen LogP contribution in [0.2, 0.25) is 0 Å². The molecule has 0 atom stereocenters. The summed E-state index contributed by atoms with van der Waals surface area (Å²) >= 11 is 0. The molecule has 3 rings (SSSR count). The monoisotopic (exact) mass is 443 g/mol. The first-order valence-electron chi connectivity index (χ1n) is 10.8. The van der Waals surface area contributed by atoms with Crippen LogP contribution >= 0.6 is 0 Å². The highest BCUT2D eigenvalue weighted by atomic mass is 32.2. The molecule has 0 aromatic heterocycles. The van der Waals surface area contributed by atoms with Gasteiger partial charge >= 0.3 is 0 Å². The van der Waals surface area contributed by atoms with Crippen LogP contribution in [0.4, 0.5) is 5.69 Å². The fraction of sp³-hybridized carbons (Fsp3) is 0.458. The van der Waals surface area contributed by atoms with Crippen LogP contribution in [0.1, 0.15) is 40.7 Å². The maximum absolute atomic E-state index is 12.5. The molecule has 168 valence electrons. The Morgan fingerprint density at radius 1 is 1.13 bits per heavy atom. The number of hydrogen-bond donors (Lipinski definition) is 1. The van der Waals surface area contributed by atoms with Crippen molar-refractivity contribution < 1.29 is 13.2 Å². The molecule has 1 amide bonds. The van der Waals surface area contributed by atoms with Crippen molar-refractivity contribution in [1.29, 1.82) is 0 Å². The molecular formula is C24H33N3O3S. The zero-order valence-corrected chi connectivity index (χ0v) is 19.5. The van der Waals surface area contributed by atoms with Gasteiger partial charge in [0.25, 0.3) is 5.91 Å². The number of hydrogen-bond acceptors (Lipinski definition) is 4. The molecule has 1 fully saturated rings. The summed E-state index contributed by atoms with van der Waals surface area (Å²) in [7, 11) is -1.28. The van der Waals surface area contributed by atoms with Gasteiger partial charge in [0.1, 0.15) is 0 Å². The first kappa shape index (κ1) is 23.3. The van der Waals surface area contributed by atoms with Crippen LogP contribution < -0.4 is 9.62 Å². The Hall–Kier alpha value is -2.38. The lowest BCUT2D eigenvalue weighted by Gasteiger charge is -2.28. The third kappa shape index (κ3) is 6.80. The maximum Gasteiger partial charge on any atom is 0.251 e. The third-order valence-electron chi connectivity index (χ3n) is 5.91. The Kier molecular flexibility index (Phi) is 7.73. The fourth-order valence-electron chi connectivity index (χ4n) is 3.95. The maximum atomic E-state index is 12.5. The second kappa shape index (κ2) is 10.3. The number of anilines is 1. The molecule has 1 heterocycles. The predicted octanol–water partition coefficient (Wildman–Crippen LogP) is 3.42. The molecule has 7 heteroatoms. The van der Waals surface area contributed by atoms with E-state index in [-0.39, 0.29) is 12.5 Å². The molecule has 0 spiro atoms. The van der Waals surface area contributed by atoms with Crippen LogP contribution in [-0.4, -0.2) is 52.2 Å². The van der Waals surface area contributed by atoms with Gasteiger partial charge in [-0.25, -0.2) is 8.42 Å². The van der Waals surface area contributed by atoms with E-state index in [0.29, 0.717) is 23.7 Å². The summed E-state index contributed by atoms with van der Waals surface area (Å²) in [6, 6.07) is 14.6. The molecule has 31 heavy (non-hydrogen) atoms. The molecule has 0 radical (unpaired) electrons. The first-order chi connectivity index (χ1) is 14.7. The van der Waals surface area contributed by atoms with Crippen molar-refractivity contribution >= 4 is 21.6 Å². The lowest BCUT2D eigenvalue weighted by molar-refractivity contribution is 0.0949. The Bertz CT molecular complexity index is 981. The molecule has 0 bridgehead atoms. The van der Waals surface area contributed by atoms with Gasteiger partial charge in [-0.1, -0.05) is 24.3 Å². The van der Waals surface area contributed by atoms with E-state index in [0.717, 1.165) is 30.6 Å². The van der Waals surface area contributed by atoms with E-state index >= 15 is 0 Å².